The van der Waals surface area contributed by atoms with Crippen LogP contribution in [0.3, 0.4) is 0 Å². The summed E-state index contributed by atoms with van der Waals surface area (Å²) in [6.07, 6.45) is 1.39. The Morgan fingerprint density at radius 2 is 1.59 bits per heavy atom. The van der Waals surface area contributed by atoms with Gasteiger partial charge in [-0.2, -0.15) is 0 Å². The van der Waals surface area contributed by atoms with Gasteiger partial charge in [-0.1, -0.05) is 48.5 Å². The van der Waals surface area contributed by atoms with Crippen LogP contribution in [0.25, 0.3) is 11.1 Å². The predicted octanol–water partition coefficient (Wildman–Crippen LogP) is 2.31. The lowest BCUT2D eigenvalue weighted by molar-refractivity contribution is 0.307. The first-order valence-electron chi connectivity index (χ1n) is 6.82. The highest BCUT2D eigenvalue weighted by Gasteiger charge is 2.10. The lowest BCUT2D eigenvalue weighted by Gasteiger charge is -2.11. The van der Waals surface area contributed by atoms with E-state index in [4.69, 9.17) is 4.74 Å². The molecule has 3 aromatic rings. The lowest BCUT2D eigenvalue weighted by Crippen LogP contribution is -2.22. The molecule has 0 saturated heterocycles. The number of aromatic amines is 2. The summed E-state index contributed by atoms with van der Waals surface area (Å²) < 4.78 is 5.82. The molecule has 110 valence electrons. The molecule has 0 aliphatic rings. The summed E-state index contributed by atoms with van der Waals surface area (Å²) >= 11 is 0. The van der Waals surface area contributed by atoms with E-state index in [1.165, 1.54) is 6.20 Å². The number of rotatable bonds is 4. The van der Waals surface area contributed by atoms with E-state index in [0.717, 1.165) is 5.56 Å². The molecule has 0 amide bonds. The van der Waals surface area contributed by atoms with Crippen molar-refractivity contribution in [1.82, 2.24) is 9.97 Å². The highest BCUT2D eigenvalue weighted by molar-refractivity contribution is 5.68. The van der Waals surface area contributed by atoms with E-state index in [0.29, 0.717) is 23.5 Å². The molecule has 22 heavy (non-hydrogen) atoms. The quantitative estimate of drug-likeness (QED) is 0.775. The molecule has 0 aliphatic carbocycles. The van der Waals surface area contributed by atoms with Crippen LogP contribution < -0.4 is 16.0 Å². The summed E-state index contributed by atoms with van der Waals surface area (Å²) in [4.78, 5) is 27.8. The molecule has 0 saturated carbocycles. The molecule has 0 aliphatic heterocycles. The second kappa shape index (κ2) is 6.13. The molecule has 0 spiro atoms. The molecule has 0 radical (unpaired) electrons. The Hall–Kier alpha value is -3.08. The number of hydrogen-bond donors (Lipinski definition) is 2. The zero-order valence-corrected chi connectivity index (χ0v) is 11.7. The molecular weight excluding hydrogens is 280 g/mol. The van der Waals surface area contributed by atoms with Crippen LogP contribution in [0.15, 0.2) is 70.4 Å². The van der Waals surface area contributed by atoms with Crippen LogP contribution in [-0.2, 0) is 6.61 Å². The van der Waals surface area contributed by atoms with Crippen LogP contribution >= 0.6 is 0 Å². The maximum absolute atomic E-state index is 11.9. The smallest absolute Gasteiger partial charge is 0.325 e. The van der Waals surface area contributed by atoms with E-state index in [1.807, 2.05) is 42.5 Å². The topological polar surface area (TPSA) is 75.0 Å². The third-order valence-corrected chi connectivity index (χ3v) is 3.23. The Balaban J connectivity index is 1.93. The number of ether oxygens (including phenoxy) is 1. The van der Waals surface area contributed by atoms with Crippen molar-refractivity contribution in [3.63, 3.8) is 0 Å². The van der Waals surface area contributed by atoms with Crippen molar-refractivity contribution >= 4 is 0 Å². The monoisotopic (exact) mass is 294 g/mol. The molecule has 1 heterocycles. The van der Waals surface area contributed by atoms with Crippen molar-refractivity contribution in [2.75, 3.05) is 0 Å². The minimum absolute atomic E-state index is 0.364. The van der Waals surface area contributed by atoms with Gasteiger partial charge in [-0.15, -0.1) is 0 Å². The summed E-state index contributed by atoms with van der Waals surface area (Å²) in [5, 5.41) is 0. The molecule has 5 heteroatoms. The fourth-order valence-electron chi connectivity index (χ4n) is 2.16. The predicted molar refractivity (Wildman–Crippen MR) is 83.9 cm³/mol. The van der Waals surface area contributed by atoms with Crippen LogP contribution in [0.4, 0.5) is 0 Å². The first kappa shape index (κ1) is 13.9. The van der Waals surface area contributed by atoms with Crippen molar-refractivity contribution in [2.45, 2.75) is 6.61 Å². The van der Waals surface area contributed by atoms with Crippen molar-refractivity contribution in [1.29, 1.82) is 0 Å². The number of aromatic nitrogens is 2. The zero-order chi connectivity index (χ0) is 15.4. The molecule has 0 atom stereocenters. The van der Waals surface area contributed by atoms with Gasteiger partial charge in [0.1, 0.15) is 12.4 Å². The molecule has 3 rings (SSSR count). The molecule has 0 fully saturated rings. The average molecular weight is 294 g/mol. The van der Waals surface area contributed by atoms with E-state index >= 15 is 0 Å². The van der Waals surface area contributed by atoms with Gasteiger partial charge in [0, 0.05) is 11.8 Å². The number of hydrogen-bond acceptors (Lipinski definition) is 3. The number of H-pyrrole nitrogens is 2. The summed E-state index contributed by atoms with van der Waals surface area (Å²) in [5.74, 6) is 0.587. The summed E-state index contributed by atoms with van der Waals surface area (Å²) in [6.45, 7) is 0.402. The fraction of sp³-hybridized carbons (Fsp3) is 0.0588. The van der Waals surface area contributed by atoms with E-state index in [-0.39, 0.29) is 0 Å². The maximum atomic E-state index is 11.9. The maximum Gasteiger partial charge on any atom is 0.325 e. The Morgan fingerprint density at radius 3 is 2.36 bits per heavy atom. The van der Waals surface area contributed by atoms with Crippen LogP contribution in [0.2, 0.25) is 0 Å². The first-order valence-corrected chi connectivity index (χ1v) is 6.82. The Kier molecular flexibility index (Phi) is 3.87. The van der Waals surface area contributed by atoms with Gasteiger partial charge in [0.25, 0.3) is 5.56 Å². The van der Waals surface area contributed by atoms with Gasteiger partial charge >= 0.3 is 5.69 Å². The van der Waals surface area contributed by atoms with Gasteiger partial charge in [-0.05, 0) is 11.6 Å². The summed E-state index contributed by atoms with van der Waals surface area (Å²) in [6, 6.07) is 17.0. The fourth-order valence-corrected chi connectivity index (χ4v) is 2.16. The number of nitrogens with one attached hydrogen (secondary N) is 2. The summed E-state index contributed by atoms with van der Waals surface area (Å²) in [7, 11) is 0. The first-order chi connectivity index (χ1) is 10.7. The second-order valence-electron chi connectivity index (χ2n) is 4.76. The van der Waals surface area contributed by atoms with Gasteiger partial charge in [0.2, 0.25) is 0 Å². The highest BCUT2D eigenvalue weighted by atomic mass is 16.5. The van der Waals surface area contributed by atoms with E-state index in [1.54, 1.807) is 12.1 Å². The normalized spacial score (nSPS) is 10.4. The van der Waals surface area contributed by atoms with Gasteiger partial charge in [-0.3, -0.25) is 9.78 Å². The van der Waals surface area contributed by atoms with E-state index < -0.39 is 11.2 Å². The minimum atomic E-state index is -0.531. The molecule has 5 nitrogen and oxygen atoms in total. The van der Waals surface area contributed by atoms with Crippen molar-refractivity contribution in [3.05, 3.63) is 87.2 Å². The van der Waals surface area contributed by atoms with Crippen molar-refractivity contribution in [3.8, 4) is 16.9 Å². The molecule has 2 N–H and O–H groups in total. The van der Waals surface area contributed by atoms with Gasteiger partial charge < -0.3 is 9.72 Å². The van der Waals surface area contributed by atoms with Crippen LogP contribution in [0.5, 0.6) is 5.75 Å². The Bertz CT molecular complexity index is 882. The van der Waals surface area contributed by atoms with Crippen molar-refractivity contribution < 1.29 is 4.74 Å². The van der Waals surface area contributed by atoms with Gasteiger partial charge in [-0.25, -0.2) is 4.79 Å². The number of para-hydroxylation sites is 1. The molecule has 2 aromatic carbocycles. The van der Waals surface area contributed by atoms with Crippen LogP contribution in [0.1, 0.15) is 5.56 Å². The van der Waals surface area contributed by atoms with E-state index in [2.05, 4.69) is 9.97 Å². The zero-order valence-electron chi connectivity index (χ0n) is 11.7. The number of benzene rings is 2. The van der Waals surface area contributed by atoms with E-state index in [9.17, 15) is 9.59 Å². The average Bonchev–Trinajstić information content (AvgIpc) is 2.54. The summed E-state index contributed by atoms with van der Waals surface area (Å²) in [5.41, 5.74) is 1.06. The minimum Gasteiger partial charge on any atom is -0.488 e. The lowest BCUT2D eigenvalue weighted by atomic mass is 10.1. The SMILES string of the molecule is O=c1[nH]cc(-c2ccccc2OCc2ccccc2)c(=O)[nH]1. The molecule has 0 bridgehead atoms. The Morgan fingerprint density at radius 1 is 0.864 bits per heavy atom. The van der Waals surface area contributed by atoms with Crippen LogP contribution in [-0.4, -0.2) is 9.97 Å². The van der Waals surface area contributed by atoms with Crippen LogP contribution in [0, 0.1) is 0 Å². The van der Waals surface area contributed by atoms with Gasteiger partial charge in [0.05, 0.1) is 5.56 Å². The standard InChI is InChI=1S/C17H14N2O3/c20-16-14(10-18-17(21)19-16)13-8-4-5-9-15(13)22-11-12-6-2-1-3-7-12/h1-10H,11H2,(H2,18,19,20,21). The third-order valence-electron chi connectivity index (χ3n) is 3.23. The van der Waals surface area contributed by atoms with Crippen molar-refractivity contribution in [2.24, 2.45) is 0 Å². The molecule has 1 aromatic heterocycles. The second-order valence-corrected chi connectivity index (χ2v) is 4.76. The molecule has 0 unspecified atom stereocenters. The van der Waals surface area contributed by atoms with Gasteiger partial charge in [0.15, 0.2) is 0 Å². The Labute approximate surface area is 126 Å². The highest BCUT2D eigenvalue weighted by Crippen LogP contribution is 2.27. The largest absolute Gasteiger partial charge is 0.488 e. The third kappa shape index (κ3) is 2.98. The molecular formula is C17H14N2O3.